The number of anilines is 5. The van der Waals surface area contributed by atoms with Gasteiger partial charge in [-0.1, -0.05) is 140 Å². The van der Waals surface area contributed by atoms with Gasteiger partial charge in [0.05, 0.1) is 6.04 Å². The molecular formula is C58H40N2O2. The second-order valence-corrected chi connectivity index (χ2v) is 16.0. The average molecular weight is 797 g/mol. The summed E-state index contributed by atoms with van der Waals surface area (Å²) in [5.74, 6) is 0. The largest absolute Gasteiger partial charge is 0.452 e. The highest BCUT2D eigenvalue weighted by Crippen LogP contribution is 2.46. The molecule has 1 aliphatic rings. The van der Waals surface area contributed by atoms with Crippen molar-refractivity contribution in [1.82, 2.24) is 0 Å². The zero-order valence-electron chi connectivity index (χ0n) is 33.9. The van der Waals surface area contributed by atoms with Crippen LogP contribution in [0.25, 0.3) is 71.3 Å². The van der Waals surface area contributed by atoms with E-state index in [1.807, 2.05) is 0 Å². The van der Waals surface area contributed by atoms with Gasteiger partial charge in [-0.2, -0.15) is 0 Å². The molecule has 0 spiro atoms. The molecule has 1 atom stereocenters. The van der Waals surface area contributed by atoms with Crippen molar-refractivity contribution in [3.8, 4) is 11.1 Å². The van der Waals surface area contributed by atoms with E-state index in [4.69, 9.17) is 8.83 Å². The Morgan fingerprint density at radius 2 is 0.823 bits per heavy atom. The quantitative estimate of drug-likeness (QED) is 0.153. The minimum Gasteiger partial charge on any atom is -0.452 e. The Balaban J connectivity index is 0.907. The minimum atomic E-state index is 0.190. The van der Waals surface area contributed by atoms with Gasteiger partial charge >= 0.3 is 0 Å². The van der Waals surface area contributed by atoms with Crippen LogP contribution in [0.15, 0.2) is 233 Å². The van der Waals surface area contributed by atoms with Gasteiger partial charge in [-0.3, -0.25) is 0 Å². The molecule has 2 heterocycles. The lowest BCUT2D eigenvalue weighted by atomic mass is 9.94. The second-order valence-electron chi connectivity index (χ2n) is 16.0. The van der Waals surface area contributed by atoms with Crippen LogP contribution < -0.4 is 9.80 Å². The lowest BCUT2D eigenvalue weighted by Gasteiger charge is -2.33. The van der Waals surface area contributed by atoms with E-state index in [1.54, 1.807) is 0 Å². The summed E-state index contributed by atoms with van der Waals surface area (Å²) in [7, 11) is 0. The summed E-state index contributed by atoms with van der Waals surface area (Å²) in [5.41, 5.74) is 13.5. The smallest absolute Gasteiger partial charge is 0.179 e. The number of allylic oxidation sites excluding steroid dienone is 2. The van der Waals surface area contributed by atoms with Crippen molar-refractivity contribution in [1.29, 1.82) is 0 Å². The van der Waals surface area contributed by atoms with Gasteiger partial charge in [0.25, 0.3) is 0 Å². The fourth-order valence-electron chi connectivity index (χ4n) is 9.45. The van der Waals surface area contributed by atoms with Gasteiger partial charge in [-0.15, -0.1) is 0 Å². The van der Waals surface area contributed by atoms with Crippen LogP contribution in [-0.2, 0) is 0 Å². The number of para-hydroxylation sites is 4. The van der Waals surface area contributed by atoms with Crippen LogP contribution in [0, 0.1) is 0 Å². The summed E-state index contributed by atoms with van der Waals surface area (Å²) < 4.78 is 13.7. The van der Waals surface area contributed by atoms with Gasteiger partial charge in [-0.05, 0) is 124 Å². The molecule has 0 aliphatic heterocycles. The second kappa shape index (κ2) is 14.9. The average Bonchev–Trinajstić information content (AvgIpc) is 3.93. The number of benzene rings is 9. The number of fused-ring (bicyclic) bond motifs is 10. The Hall–Kier alpha value is -8.08. The van der Waals surface area contributed by atoms with E-state index in [-0.39, 0.29) is 6.04 Å². The Bertz CT molecular complexity index is 3400. The lowest BCUT2D eigenvalue weighted by molar-refractivity contribution is 0.633. The van der Waals surface area contributed by atoms with Gasteiger partial charge in [0.1, 0.15) is 11.2 Å². The fourth-order valence-corrected chi connectivity index (χ4v) is 9.45. The summed E-state index contributed by atoms with van der Waals surface area (Å²) in [6, 6.07) is 73.1. The van der Waals surface area contributed by atoms with Gasteiger partial charge < -0.3 is 18.6 Å². The number of hydrogen-bond acceptors (Lipinski definition) is 4. The SMILES string of the molecule is C1=CC(N(c2ccccc2)c2ccccc2)CC=C1c1ccc2c(c1)oc1c3oc4cc(-c5ccc(N(c6ccccc6)c6ccccc6)cc5)ccc4c3c3ccccc3c21. The van der Waals surface area contributed by atoms with E-state index in [2.05, 4.69) is 234 Å². The number of furan rings is 2. The molecule has 9 aromatic carbocycles. The van der Waals surface area contributed by atoms with Crippen molar-refractivity contribution in [3.63, 3.8) is 0 Å². The monoisotopic (exact) mass is 796 g/mol. The standard InChI is InChI=1S/C58H40N2O2/c1-5-15-43(16-6-1)59(44-17-7-2-8-18-44)47-31-25-39(26-32-47)41-29-35-51-53(37-41)61-57-55(51)49-23-13-14-24-50(49)56-52-36-30-42(38-54(52)62-58(56)57)40-27-33-48(34-28-40)60(45-19-9-3-10-20-45)46-21-11-4-12-22-46/h1-33,35-38,48H,34H2. The maximum atomic E-state index is 6.88. The third kappa shape index (κ3) is 6.07. The van der Waals surface area contributed by atoms with Gasteiger partial charge in [0, 0.05) is 50.0 Å². The van der Waals surface area contributed by atoms with Crippen LogP contribution in [0.4, 0.5) is 28.4 Å². The molecule has 4 nitrogen and oxygen atoms in total. The van der Waals surface area contributed by atoms with Crippen molar-refractivity contribution >= 4 is 88.7 Å². The highest BCUT2D eigenvalue weighted by Gasteiger charge is 2.24. The first kappa shape index (κ1) is 35.8. The predicted molar refractivity (Wildman–Crippen MR) is 259 cm³/mol. The molecule has 11 aromatic rings. The molecule has 1 aliphatic carbocycles. The summed E-state index contributed by atoms with van der Waals surface area (Å²) in [4.78, 5) is 4.70. The van der Waals surface area contributed by atoms with Crippen molar-refractivity contribution in [2.45, 2.75) is 12.5 Å². The van der Waals surface area contributed by atoms with E-state index in [0.717, 1.165) is 94.8 Å². The summed E-state index contributed by atoms with van der Waals surface area (Å²) >= 11 is 0. The zero-order valence-corrected chi connectivity index (χ0v) is 33.9. The van der Waals surface area contributed by atoms with Gasteiger partial charge in [0.15, 0.2) is 11.2 Å². The first-order chi connectivity index (χ1) is 30.7. The topological polar surface area (TPSA) is 32.8 Å². The molecule has 0 saturated carbocycles. The van der Waals surface area contributed by atoms with Gasteiger partial charge in [0.2, 0.25) is 0 Å². The Kier molecular flexibility index (Phi) is 8.60. The van der Waals surface area contributed by atoms with E-state index in [1.165, 1.54) is 16.9 Å². The van der Waals surface area contributed by atoms with Crippen LogP contribution in [0.2, 0.25) is 0 Å². The molecule has 0 N–H and O–H groups in total. The predicted octanol–water partition coefficient (Wildman–Crippen LogP) is 16.3. The van der Waals surface area contributed by atoms with Crippen LogP contribution in [0.1, 0.15) is 12.0 Å². The third-order valence-electron chi connectivity index (χ3n) is 12.4. The minimum absolute atomic E-state index is 0.190. The van der Waals surface area contributed by atoms with E-state index >= 15 is 0 Å². The van der Waals surface area contributed by atoms with E-state index in [9.17, 15) is 0 Å². The number of rotatable bonds is 8. The van der Waals surface area contributed by atoms with E-state index < -0.39 is 0 Å². The maximum absolute atomic E-state index is 6.88. The number of nitrogens with zero attached hydrogens (tertiary/aromatic N) is 2. The van der Waals surface area contributed by atoms with Crippen molar-refractivity contribution in [2.75, 3.05) is 9.80 Å². The first-order valence-corrected chi connectivity index (χ1v) is 21.3. The van der Waals surface area contributed by atoms with Crippen LogP contribution >= 0.6 is 0 Å². The molecule has 12 rings (SSSR count). The summed E-state index contributed by atoms with van der Waals surface area (Å²) in [6.07, 6.45) is 7.83. The van der Waals surface area contributed by atoms with Crippen molar-refractivity contribution < 1.29 is 8.83 Å². The van der Waals surface area contributed by atoms with Crippen LogP contribution in [0.3, 0.4) is 0 Å². The molecule has 4 heteroatoms. The summed E-state index contributed by atoms with van der Waals surface area (Å²) in [6.45, 7) is 0. The molecule has 1 unspecified atom stereocenters. The van der Waals surface area contributed by atoms with Crippen molar-refractivity contribution in [3.05, 3.63) is 230 Å². The van der Waals surface area contributed by atoms with Crippen molar-refractivity contribution in [2.24, 2.45) is 0 Å². The zero-order chi connectivity index (χ0) is 41.0. The normalized spacial score (nSPS) is 13.9. The van der Waals surface area contributed by atoms with Crippen LogP contribution in [0.5, 0.6) is 0 Å². The molecule has 294 valence electrons. The Labute approximate surface area is 359 Å². The summed E-state index contributed by atoms with van der Waals surface area (Å²) in [5, 5.41) is 6.64. The third-order valence-corrected chi connectivity index (χ3v) is 12.4. The molecule has 62 heavy (non-hydrogen) atoms. The molecule has 2 aromatic heterocycles. The highest BCUT2D eigenvalue weighted by atomic mass is 16.4. The Morgan fingerprint density at radius 3 is 1.32 bits per heavy atom. The molecular weight excluding hydrogens is 757 g/mol. The highest BCUT2D eigenvalue weighted by molar-refractivity contribution is 6.33. The molecule has 0 bridgehead atoms. The first-order valence-electron chi connectivity index (χ1n) is 21.3. The number of hydrogen-bond donors (Lipinski definition) is 0. The molecule has 0 amide bonds. The molecule has 0 saturated heterocycles. The Morgan fingerprint density at radius 1 is 0.387 bits per heavy atom. The van der Waals surface area contributed by atoms with Gasteiger partial charge in [-0.25, -0.2) is 0 Å². The van der Waals surface area contributed by atoms with E-state index in [0.29, 0.717) is 0 Å². The lowest BCUT2D eigenvalue weighted by Crippen LogP contribution is -2.30. The van der Waals surface area contributed by atoms with Crippen LogP contribution in [-0.4, -0.2) is 6.04 Å². The molecule has 0 radical (unpaired) electrons. The maximum Gasteiger partial charge on any atom is 0.179 e. The molecule has 0 fully saturated rings. The fraction of sp³-hybridized carbons (Fsp3) is 0.0345.